The summed E-state index contributed by atoms with van der Waals surface area (Å²) in [7, 11) is 2.90. The Kier molecular flexibility index (Phi) is 5.13. The second-order valence-electron chi connectivity index (χ2n) is 6.42. The summed E-state index contributed by atoms with van der Waals surface area (Å²) in [6.07, 6.45) is 3.19. The number of aryl methyl sites for hydroxylation is 1. The Labute approximate surface area is 170 Å². The number of ether oxygens (including phenoxy) is 2. The second kappa shape index (κ2) is 7.90. The summed E-state index contributed by atoms with van der Waals surface area (Å²) in [4.78, 5) is 8.54. The average molecular weight is 412 g/mol. The zero-order valence-corrected chi connectivity index (χ0v) is 16.5. The van der Waals surface area contributed by atoms with Crippen molar-refractivity contribution in [3.63, 3.8) is 0 Å². The molecule has 0 bridgehead atoms. The van der Waals surface area contributed by atoms with Gasteiger partial charge in [0.25, 0.3) is 0 Å². The first-order valence-corrected chi connectivity index (χ1v) is 8.98. The highest BCUT2D eigenvalue weighted by Crippen LogP contribution is 2.32. The summed E-state index contributed by atoms with van der Waals surface area (Å²) in [6, 6.07) is 5.57. The quantitative estimate of drug-likeness (QED) is 0.519. The fraction of sp³-hybridized carbons (Fsp3) is 0.200. The average Bonchev–Trinajstić information content (AvgIpc) is 3.23. The van der Waals surface area contributed by atoms with Crippen LogP contribution in [0.4, 0.5) is 14.6 Å². The molecule has 0 saturated carbocycles. The minimum absolute atomic E-state index is 0.0683. The monoisotopic (exact) mass is 412 g/mol. The highest BCUT2D eigenvalue weighted by atomic mass is 19.1. The number of aromatic nitrogens is 5. The number of nitrogens with one attached hydrogen (secondary N) is 1. The fourth-order valence-electron chi connectivity index (χ4n) is 3.17. The van der Waals surface area contributed by atoms with Crippen LogP contribution in [0.1, 0.15) is 11.4 Å². The lowest BCUT2D eigenvalue weighted by Gasteiger charge is -2.14. The Hall–Kier alpha value is -3.82. The lowest BCUT2D eigenvalue weighted by Crippen LogP contribution is -2.08. The zero-order valence-electron chi connectivity index (χ0n) is 16.5. The van der Waals surface area contributed by atoms with Crippen LogP contribution in [0.2, 0.25) is 0 Å². The maximum absolute atomic E-state index is 14.2. The van der Waals surface area contributed by atoms with Crippen molar-refractivity contribution in [1.82, 2.24) is 24.6 Å². The first kappa shape index (κ1) is 19.5. The molecule has 4 rings (SSSR count). The first-order chi connectivity index (χ1) is 14.5. The largest absolute Gasteiger partial charge is 0.496 e. The van der Waals surface area contributed by atoms with E-state index in [1.165, 1.54) is 20.5 Å². The number of anilines is 1. The number of benzene rings is 1. The van der Waals surface area contributed by atoms with Gasteiger partial charge in [0.05, 0.1) is 19.8 Å². The molecule has 0 aliphatic rings. The van der Waals surface area contributed by atoms with Crippen molar-refractivity contribution in [3.8, 4) is 22.8 Å². The molecular formula is C20H18F2N6O2. The van der Waals surface area contributed by atoms with E-state index in [1.54, 1.807) is 23.6 Å². The molecule has 10 heteroatoms. The Balaban J connectivity index is 1.71. The Morgan fingerprint density at radius 1 is 1.10 bits per heavy atom. The number of fused-ring (bicyclic) bond motifs is 1. The van der Waals surface area contributed by atoms with Crippen LogP contribution in [-0.2, 0) is 6.54 Å². The number of rotatable bonds is 6. The molecule has 0 saturated heterocycles. The van der Waals surface area contributed by atoms with Crippen LogP contribution in [0.3, 0.4) is 0 Å². The van der Waals surface area contributed by atoms with Crippen LogP contribution in [0.15, 0.2) is 36.8 Å². The van der Waals surface area contributed by atoms with Gasteiger partial charge >= 0.3 is 0 Å². The molecule has 0 spiro atoms. The summed E-state index contributed by atoms with van der Waals surface area (Å²) in [5, 5.41) is 11.3. The molecule has 30 heavy (non-hydrogen) atoms. The van der Waals surface area contributed by atoms with E-state index in [4.69, 9.17) is 9.47 Å². The number of nitrogens with zero attached hydrogens (tertiary/aromatic N) is 5. The van der Waals surface area contributed by atoms with Crippen molar-refractivity contribution in [1.29, 1.82) is 0 Å². The molecule has 0 aliphatic carbocycles. The SMILES string of the molecule is COc1cc(F)cc(F)c1CNc1ccc(-c2cnc(C)nc2OC)c2nncn12. The minimum atomic E-state index is -0.701. The Morgan fingerprint density at radius 3 is 2.70 bits per heavy atom. The Bertz CT molecular complexity index is 1230. The zero-order chi connectivity index (χ0) is 21.3. The van der Waals surface area contributed by atoms with Crippen LogP contribution in [0.25, 0.3) is 16.8 Å². The normalized spacial score (nSPS) is 11.0. The summed E-state index contributed by atoms with van der Waals surface area (Å²) in [5.41, 5.74) is 2.13. The molecule has 1 aromatic carbocycles. The van der Waals surface area contributed by atoms with E-state index in [0.29, 0.717) is 28.7 Å². The maximum Gasteiger partial charge on any atom is 0.224 e. The van der Waals surface area contributed by atoms with Gasteiger partial charge in [-0.25, -0.2) is 13.8 Å². The standard InChI is InChI=1S/C20H18F2N6O2/c1-11-23-8-14(20(26-11)30-3)13-4-5-18(28-10-25-27-19(13)28)24-9-15-16(22)6-12(21)7-17(15)29-2/h4-8,10,24H,9H2,1-3H3. The van der Waals surface area contributed by atoms with Gasteiger partial charge in [0.2, 0.25) is 5.88 Å². The van der Waals surface area contributed by atoms with Gasteiger partial charge in [-0.1, -0.05) is 0 Å². The highest BCUT2D eigenvalue weighted by molar-refractivity contribution is 5.81. The van der Waals surface area contributed by atoms with Gasteiger partial charge in [-0.2, -0.15) is 4.98 Å². The molecule has 8 nitrogen and oxygen atoms in total. The van der Waals surface area contributed by atoms with E-state index in [-0.39, 0.29) is 17.9 Å². The molecule has 3 heterocycles. The van der Waals surface area contributed by atoms with E-state index in [0.717, 1.165) is 17.7 Å². The predicted molar refractivity (Wildman–Crippen MR) is 106 cm³/mol. The van der Waals surface area contributed by atoms with E-state index in [9.17, 15) is 8.78 Å². The van der Waals surface area contributed by atoms with Crippen LogP contribution in [0.5, 0.6) is 11.6 Å². The summed E-state index contributed by atoms with van der Waals surface area (Å²) in [6.45, 7) is 1.84. The van der Waals surface area contributed by atoms with Crippen LogP contribution >= 0.6 is 0 Å². The highest BCUT2D eigenvalue weighted by Gasteiger charge is 2.17. The van der Waals surface area contributed by atoms with Crippen LogP contribution < -0.4 is 14.8 Å². The summed E-state index contributed by atoms with van der Waals surface area (Å²) >= 11 is 0. The third-order valence-corrected chi connectivity index (χ3v) is 4.60. The molecule has 0 aliphatic heterocycles. The second-order valence-corrected chi connectivity index (χ2v) is 6.42. The van der Waals surface area contributed by atoms with E-state index in [1.807, 2.05) is 6.07 Å². The van der Waals surface area contributed by atoms with Crippen molar-refractivity contribution in [2.75, 3.05) is 19.5 Å². The molecule has 0 amide bonds. The van der Waals surface area contributed by atoms with Gasteiger partial charge in [0.1, 0.15) is 35.4 Å². The summed E-state index contributed by atoms with van der Waals surface area (Å²) in [5.74, 6) is 0.341. The van der Waals surface area contributed by atoms with Crippen molar-refractivity contribution in [3.05, 3.63) is 59.8 Å². The summed E-state index contributed by atoms with van der Waals surface area (Å²) < 4.78 is 39.9. The van der Waals surface area contributed by atoms with E-state index >= 15 is 0 Å². The maximum atomic E-state index is 14.2. The van der Waals surface area contributed by atoms with Crippen molar-refractivity contribution in [2.45, 2.75) is 13.5 Å². The van der Waals surface area contributed by atoms with Gasteiger partial charge in [-0.3, -0.25) is 4.40 Å². The first-order valence-electron chi connectivity index (χ1n) is 8.98. The third kappa shape index (κ3) is 3.47. The number of halogens is 2. The molecule has 3 aromatic heterocycles. The lowest BCUT2D eigenvalue weighted by molar-refractivity contribution is 0.397. The topological polar surface area (TPSA) is 86.5 Å². The van der Waals surface area contributed by atoms with Crippen molar-refractivity contribution in [2.24, 2.45) is 0 Å². The van der Waals surface area contributed by atoms with Gasteiger partial charge in [0, 0.05) is 36.0 Å². The van der Waals surface area contributed by atoms with Gasteiger partial charge < -0.3 is 14.8 Å². The fourth-order valence-corrected chi connectivity index (χ4v) is 3.17. The number of hydrogen-bond acceptors (Lipinski definition) is 7. The predicted octanol–water partition coefficient (Wildman–Crippen LogP) is 3.40. The van der Waals surface area contributed by atoms with E-state index < -0.39 is 11.6 Å². The Morgan fingerprint density at radius 2 is 1.93 bits per heavy atom. The van der Waals surface area contributed by atoms with Crippen LogP contribution in [-0.4, -0.2) is 38.8 Å². The molecule has 1 N–H and O–H groups in total. The molecule has 0 unspecified atom stereocenters. The minimum Gasteiger partial charge on any atom is -0.496 e. The smallest absolute Gasteiger partial charge is 0.224 e. The number of pyridine rings is 1. The van der Waals surface area contributed by atoms with Crippen molar-refractivity contribution >= 4 is 11.5 Å². The molecule has 154 valence electrons. The third-order valence-electron chi connectivity index (χ3n) is 4.60. The molecule has 4 aromatic rings. The van der Waals surface area contributed by atoms with Gasteiger partial charge in [0.15, 0.2) is 5.65 Å². The number of hydrogen-bond donors (Lipinski definition) is 1. The lowest BCUT2D eigenvalue weighted by atomic mass is 10.1. The van der Waals surface area contributed by atoms with Gasteiger partial charge in [-0.05, 0) is 19.1 Å². The molecular weight excluding hydrogens is 394 g/mol. The molecule has 0 fully saturated rings. The number of methoxy groups -OCH3 is 2. The molecule has 0 atom stereocenters. The van der Waals surface area contributed by atoms with Gasteiger partial charge in [-0.15, -0.1) is 10.2 Å². The molecule has 0 radical (unpaired) electrons. The van der Waals surface area contributed by atoms with Crippen LogP contribution in [0, 0.1) is 18.6 Å². The van der Waals surface area contributed by atoms with Crippen molar-refractivity contribution < 1.29 is 18.3 Å². The van der Waals surface area contributed by atoms with E-state index in [2.05, 4.69) is 25.5 Å².